The van der Waals surface area contributed by atoms with E-state index in [1.54, 1.807) is 0 Å². The lowest BCUT2D eigenvalue weighted by molar-refractivity contribution is 0.197. The topological polar surface area (TPSA) is 29.3 Å². The summed E-state index contributed by atoms with van der Waals surface area (Å²) in [5, 5.41) is 2.57. The first-order chi connectivity index (χ1) is 10.3. The van der Waals surface area contributed by atoms with E-state index in [9.17, 15) is 0 Å². The van der Waals surface area contributed by atoms with Crippen LogP contribution in [0.3, 0.4) is 0 Å². The van der Waals surface area contributed by atoms with Crippen LogP contribution >= 0.6 is 0 Å². The molecule has 0 heterocycles. The fourth-order valence-electron chi connectivity index (χ4n) is 3.60. The van der Waals surface area contributed by atoms with E-state index in [-0.39, 0.29) is 6.04 Å². The van der Waals surface area contributed by atoms with Gasteiger partial charge in [0.25, 0.3) is 0 Å². The van der Waals surface area contributed by atoms with Gasteiger partial charge in [0.05, 0.1) is 0 Å². The van der Waals surface area contributed by atoms with Crippen LogP contribution in [0.2, 0.25) is 0 Å². The van der Waals surface area contributed by atoms with Crippen LogP contribution < -0.4 is 5.73 Å². The summed E-state index contributed by atoms with van der Waals surface area (Å²) in [6.45, 7) is 4.33. The molecule has 1 unspecified atom stereocenters. The van der Waals surface area contributed by atoms with Gasteiger partial charge in [0, 0.05) is 18.6 Å². The van der Waals surface area contributed by atoms with Crippen LogP contribution in [0.5, 0.6) is 0 Å². The van der Waals surface area contributed by atoms with E-state index < -0.39 is 0 Å². The van der Waals surface area contributed by atoms with Crippen molar-refractivity contribution in [2.24, 2.45) is 5.73 Å². The molecule has 0 bridgehead atoms. The van der Waals surface area contributed by atoms with Crippen LogP contribution in [-0.4, -0.2) is 24.0 Å². The standard InChI is InChI=1S/C19H26N2/c1-2-21(18-9-5-6-10-18)14-19(20)17-12-11-15-7-3-4-8-16(15)13-17/h3-4,7-8,11-13,18-19H,2,5-6,9-10,14,20H2,1H3. The maximum atomic E-state index is 6.49. The third kappa shape index (κ3) is 3.28. The molecule has 1 aliphatic rings. The number of benzene rings is 2. The minimum absolute atomic E-state index is 0.107. The van der Waals surface area contributed by atoms with E-state index in [2.05, 4.69) is 54.3 Å². The van der Waals surface area contributed by atoms with Crippen molar-refractivity contribution >= 4 is 10.8 Å². The van der Waals surface area contributed by atoms with Crippen LogP contribution in [0.1, 0.15) is 44.2 Å². The van der Waals surface area contributed by atoms with E-state index in [1.165, 1.54) is 42.0 Å². The van der Waals surface area contributed by atoms with Gasteiger partial charge in [-0.2, -0.15) is 0 Å². The molecule has 0 aromatic heterocycles. The predicted octanol–water partition coefficient (Wildman–Crippen LogP) is 4.10. The number of likely N-dealkylation sites (N-methyl/N-ethyl adjacent to an activating group) is 1. The van der Waals surface area contributed by atoms with Crippen LogP contribution in [0.15, 0.2) is 42.5 Å². The number of nitrogens with zero attached hydrogens (tertiary/aromatic N) is 1. The van der Waals surface area contributed by atoms with Gasteiger partial charge in [-0.15, -0.1) is 0 Å². The van der Waals surface area contributed by atoms with Gasteiger partial charge in [0.2, 0.25) is 0 Å². The smallest absolute Gasteiger partial charge is 0.0424 e. The molecular weight excluding hydrogens is 256 g/mol. The Kier molecular flexibility index (Phi) is 4.57. The van der Waals surface area contributed by atoms with E-state index in [0.717, 1.165) is 19.1 Å². The van der Waals surface area contributed by atoms with Gasteiger partial charge >= 0.3 is 0 Å². The average molecular weight is 282 g/mol. The number of hydrogen-bond acceptors (Lipinski definition) is 2. The molecule has 0 radical (unpaired) electrons. The Labute approximate surface area is 127 Å². The van der Waals surface area contributed by atoms with Crippen molar-refractivity contribution in [3.63, 3.8) is 0 Å². The largest absolute Gasteiger partial charge is 0.323 e. The second kappa shape index (κ2) is 6.59. The summed E-state index contributed by atoms with van der Waals surface area (Å²) < 4.78 is 0. The minimum atomic E-state index is 0.107. The fraction of sp³-hybridized carbons (Fsp3) is 0.474. The third-order valence-corrected chi connectivity index (χ3v) is 4.88. The van der Waals surface area contributed by atoms with Crippen molar-refractivity contribution in [3.8, 4) is 0 Å². The summed E-state index contributed by atoms with van der Waals surface area (Å²) >= 11 is 0. The SMILES string of the molecule is CCN(CC(N)c1ccc2ccccc2c1)C1CCCC1. The Morgan fingerprint density at radius 3 is 2.52 bits per heavy atom. The maximum absolute atomic E-state index is 6.49. The molecule has 1 aliphatic carbocycles. The summed E-state index contributed by atoms with van der Waals surface area (Å²) in [5.41, 5.74) is 7.74. The number of nitrogens with two attached hydrogens (primary N) is 1. The van der Waals surface area contributed by atoms with Gasteiger partial charge < -0.3 is 5.73 Å². The highest BCUT2D eigenvalue weighted by molar-refractivity contribution is 5.83. The zero-order chi connectivity index (χ0) is 14.7. The van der Waals surface area contributed by atoms with Crippen molar-refractivity contribution in [3.05, 3.63) is 48.0 Å². The van der Waals surface area contributed by atoms with Crippen LogP contribution in [0.25, 0.3) is 10.8 Å². The lowest BCUT2D eigenvalue weighted by Crippen LogP contribution is -2.38. The van der Waals surface area contributed by atoms with Crippen LogP contribution in [0, 0.1) is 0 Å². The third-order valence-electron chi connectivity index (χ3n) is 4.88. The molecule has 2 N–H and O–H groups in total. The lowest BCUT2D eigenvalue weighted by Gasteiger charge is -2.30. The summed E-state index contributed by atoms with van der Waals surface area (Å²) in [4.78, 5) is 2.58. The predicted molar refractivity (Wildman–Crippen MR) is 90.4 cm³/mol. The van der Waals surface area contributed by atoms with Gasteiger partial charge in [-0.3, -0.25) is 4.90 Å². The van der Waals surface area contributed by atoms with Crippen molar-refractivity contribution < 1.29 is 0 Å². The Bertz CT molecular complexity index is 587. The average Bonchev–Trinajstić information content (AvgIpc) is 3.06. The molecular formula is C19H26N2. The van der Waals surface area contributed by atoms with Crippen molar-refractivity contribution in [1.82, 2.24) is 4.90 Å². The highest BCUT2D eigenvalue weighted by Crippen LogP contribution is 2.26. The first kappa shape index (κ1) is 14.6. The zero-order valence-corrected chi connectivity index (χ0v) is 13.0. The van der Waals surface area contributed by atoms with Gasteiger partial charge in [-0.25, -0.2) is 0 Å². The zero-order valence-electron chi connectivity index (χ0n) is 13.0. The molecule has 0 amide bonds. The molecule has 2 aromatic carbocycles. The summed E-state index contributed by atoms with van der Waals surface area (Å²) in [6, 6.07) is 16.0. The Morgan fingerprint density at radius 1 is 1.10 bits per heavy atom. The monoisotopic (exact) mass is 282 g/mol. The van der Waals surface area contributed by atoms with Crippen LogP contribution in [0.4, 0.5) is 0 Å². The molecule has 112 valence electrons. The first-order valence-electron chi connectivity index (χ1n) is 8.26. The van der Waals surface area contributed by atoms with Gasteiger partial charge in [-0.1, -0.05) is 56.2 Å². The quantitative estimate of drug-likeness (QED) is 0.894. The van der Waals surface area contributed by atoms with Crippen LogP contribution in [-0.2, 0) is 0 Å². The molecule has 0 aliphatic heterocycles. The molecule has 3 rings (SSSR count). The second-order valence-electron chi connectivity index (χ2n) is 6.24. The van der Waals surface area contributed by atoms with Gasteiger partial charge in [-0.05, 0) is 41.8 Å². The Morgan fingerprint density at radius 2 is 1.81 bits per heavy atom. The van der Waals surface area contributed by atoms with E-state index >= 15 is 0 Å². The summed E-state index contributed by atoms with van der Waals surface area (Å²) in [5.74, 6) is 0. The summed E-state index contributed by atoms with van der Waals surface area (Å²) in [6.07, 6.45) is 5.45. The molecule has 21 heavy (non-hydrogen) atoms. The first-order valence-corrected chi connectivity index (χ1v) is 8.26. The number of fused-ring (bicyclic) bond motifs is 1. The normalized spacial score (nSPS) is 17.7. The molecule has 2 aromatic rings. The fourth-order valence-corrected chi connectivity index (χ4v) is 3.60. The van der Waals surface area contributed by atoms with Crippen molar-refractivity contribution in [2.45, 2.75) is 44.7 Å². The van der Waals surface area contributed by atoms with E-state index in [4.69, 9.17) is 5.73 Å². The van der Waals surface area contributed by atoms with Crippen molar-refractivity contribution in [1.29, 1.82) is 0 Å². The molecule has 0 saturated heterocycles. The highest BCUT2D eigenvalue weighted by atomic mass is 15.2. The van der Waals surface area contributed by atoms with E-state index in [0.29, 0.717) is 0 Å². The number of rotatable bonds is 5. The van der Waals surface area contributed by atoms with Gasteiger partial charge in [0.1, 0.15) is 0 Å². The number of hydrogen-bond donors (Lipinski definition) is 1. The molecule has 1 saturated carbocycles. The highest BCUT2D eigenvalue weighted by Gasteiger charge is 2.23. The maximum Gasteiger partial charge on any atom is 0.0424 e. The van der Waals surface area contributed by atoms with Gasteiger partial charge in [0.15, 0.2) is 0 Å². The molecule has 2 heteroatoms. The second-order valence-corrected chi connectivity index (χ2v) is 6.24. The molecule has 0 spiro atoms. The Hall–Kier alpha value is -1.38. The molecule has 2 nitrogen and oxygen atoms in total. The summed E-state index contributed by atoms with van der Waals surface area (Å²) in [7, 11) is 0. The Balaban J connectivity index is 1.74. The molecule has 1 atom stereocenters. The van der Waals surface area contributed by atoms with Crippen molar-refractivity contribution in [2.75, 3.05) is 13.1 Å². The minimum Gasteiger partial charge on any atom is -0.323 e. The van der Waals surface area contributed by atoms with E-state index in [1.807, 2.05) is 0 Å². The molecule has 1 fully saturated rings. The lowest BCUT2D eigenvalue weighted by atomic mass is 10.0.